The molecule has 0 atom stereocenters. The topological polar surface area (TPSA) is 51.5 Å². The van der Waals surface area contributed by atoms with Gasteiger partial charge in [-0.25, -0.2) is 4.39 Å². The third kappa shape index (κ3) is 4.91. The van der Waals surface area contributed by atoms with Gasteiger partial charge in [-0.2, -0.15) is 13.2 Å². The van der Waals surface area contributed by atoms with Gasteiger partial charge in [0.15, 0.2) is 0 Å². The highest BCUT2D eigenvalue weighted by Crippen LogP contribution is 2.31. The average molecular weight is 393 g/mol. The number of benzene rings is 2. The first kappa shape index (κ1) is 19.5. The van der Waals surface area contributed by atoms with Crippen LogP contribution >= 0.6 is 0 Å². The third-order valence-corrected chi connectivity index (χ3v) is 3.89. The van der Waals surface area contributed by atoms with Crippen LogP contribution in [0.25, 0.3) is 0 Å². The lowest BCUT2D eigenvalue weighted by Gasteiger charge is -2.11. The van der Waals surface area contributed by atoms with Crippen LogP contribution < -0.4 is 10.1 Å². The summed E-state index contributed by atoms with van der Waals surface area (Å²) in [6, 6.07) is 10.6. The molecule has 4 nitrogen and oxygen atoms in total. The Hall–Kier alpha value is -3.29. The number of hydrogen-bond acceptors (Lipinski definition) is 3. The second-order valence-corrected chi connectivity index (χ2v) is 5.94. The number of halogens is 4. The lowest BCUT2D eigenvalue weighted by Crippen LogP contribution is -2.22. The van der Waals surface area contributed by atoms with Gasteiger partial charge in [0.2, 0.25) is 0 Å². The lowest BCUT2D eigenvalue weighted by atomic mass is 10.1. The molecule has 146 valence electrons. The van der Waals surface area contributed by atoms with Crippen LogP contribution in [0.4, 0.5) is 17.6 Å². The Bertz CT molecular complexity index is 935. The van der Waals surface area contributed by atoms with Crippen molar-refractivity contribution in [2.75, 3.05) is 0 Å². The van der Waals surface area contributed by atoms with Gasteiger partial charge in [-0.1, -0.05) is 6.07 Å². The molecule has 0 spiro atoms. The first-order valence-corrected chi connectivity index (χ1v) is 8.21. The highest BCUT2D eigenvalue weighted by Gasteiger charge is 2.33. The molecule has 0 fully saturated rings. The fraction of sp³-hybridized carbons (Fsp3) is 0.150. The fourth-order valence-corrected chi connectivity index (χ4v) is 2.43. The van der Waals surface area contributed by atoms with Gasteiger partial charge in [0.05, 0.1) is 18.1 Å². The minimum absolute atomic E-state index is 0.110. The Morgan fingerprint density at radius 3 is 2.39 bits per heavy atom. The molecule has 3 aromatic rings. The summed E-state index contributed by atoms with van der Waals surface area (Å²) in [4.78, 5) is 12.1. The summed E-state index contributed by atoms with van der Waals surface area (Å²) in [5.74, 6) is -1.23. The molecular weight excluding hydrogens is 378 g/mol. The van der Waals surface area contributed by atoms with Gasteiger partial charge in [-0.05, 0) is 48.0 Å². The predicted octanol–water partition coefficient (Wildman–Crippen LogP) is 4.95. The van der Waals surface area contributed by atoms with E-state index < -0.39 is 17.6 Å². The van der Waals surface area contributed by atoms with Crippen molar-refractivity contribution in [1.82, 2.24) is 5.32 Å². The van der Waals surface area contributed by atoms with Gasteiger partial charge in [0, 0.05) is 17.7 Å². The zero-order valence-corrected chi connectivity index (χ0v) is 14.4. The summed E-state index contributed by atoms with van der Waals surface area (Å²) in [5, 5.41) is 2.73. The molecule has 1 heterocycles. The molecule has 0 aliphatic heterocycles. The summed E-state index contributed by atoms with van der Waals surface area (Å²) in [7, 11) is 0. The smallest absolute Gasteiger partial charge is 0.419 e. The molecule has 0 unspecified atom stereocenters. The number of amides is 1. The number of furan rings is 1. The molecule has 2 aromatic carbocycles. The Morgan fingerprint density at radius 2 is 1.79 bits per heavy atom. The highest BCUT2D eigenvalue weighted by molar-refractivity contribution is 5.94. The summed E-state index contributed by atoms with van der Waals surface area (Å²) in [6.45, 7) is 0.216. The number of rotatable bonds is 6. The summed E-state index contributed by atoms with van der Waals surface area (Å²) in [5.41, 5.74) is 0.183. The van der Waals surface area contributed by atoms with Crippen molar-refractivity contribution in [2.24, 2.45) is 0 Å². The van der Waals surface area contributed by atoms with E-state index in [1.54, 1.807) is 30.3 Å². The molecule has 0 bridgehead atoms. The van der Waals surface area contributed by atoms with Crippen molar-refractivity contribution in [2.45, 2.75) is 19.3 Å². The molecular formula is C20H15F4NO3. The second-order valence-electron chi connectivity index (χ2n) is 5.94. The van der Waals surface area contributed by atoms with E-state index in [2.05, 4.69) is 5.32 Å². The van der Waals surface area contributed by atoms with Crippen molar-refractivity contribution in [3.63, 3.8) is 0 Å². The van der Waals surface area contributed by atoms with Crippen LogP contribution in [-0.4, -0.2) is 5.91 Å². The van der Waals surface area contributed by atoms with Gasteiger partial charge in [-0.15, -0.1) is 0 Å². The minimum atomic E-state index is -4.74. The Labute approximate surface area is 157 Å². The maximum Gasteiger partial charge on any atom is 0.419 e. The molecule has 8 heteroatoms. The highest BCUT2D eigenvalue weighted by atomic mass is 19.4. The van der Waals surface area contributed by atoms with Crippen molar-refractivity contribution >= 4 is 5.91 Å². The molecule has 1 amide bonds. The Kier molecular flexibility index (Phi) is 5.67. The molecule has 0 saturated carbocycles. The molecule has 1 aromatic heterocycles. The SMILES string of the molecule is O=C(NCc1ccoc1)c1ccc(OCc2ccc(C(F)(F)F)c(F)c2)cc1. The van der Waals surface area contributed by atoms with Gasteiger partial charge in [0.1, 0.15) is 18.2 Å². The summed E-state index contributed by atoms with van der Waals surface area (Å²) < 4.78 is 61.6. The van der Waals surface area contributed by atoms with Crippen LogP contribution in [0.1, 0.15) is 27.0 Å². The number of carbonyl (C=O) groups is 1. The van der Waals surface area contributed by atoms with Crippen LogP contribution in [0.3, 0.4) is 0 Å². The Balaban J connectivity index is 1.55. The van der Waals surface area contributed by atoms with Crippen molar-refractivity contribution in [3.8, 4) is 5.75 Å². The largest absolute Gasteiger partial charge is 0.489 e. The van der Waals surface area contributed by atoms with Crippen molar-refractivity contribution in [1.29, 1.82) is 0 Å². The maximum absolute atomic E-state index is 13.6. The number of nitrogens with one attached hydrogen (secondary N) is 1. The van der Waals surface area contributed by atoms with Crippen LogP contribution in [0.2, 0.25) is 0 Å². The van der Waals surface area contributed by atoms with E-state index in [1.165, 1.54) is 12.5 Å². The van der Waals surface area contributed by atoms with E-state index in [0.29, 0.717) is 23.9 Å². The van der Waals surface area contributed by atoms with Gasteiger partial charge < -0.3 is 14.5 Å². The van der Waals surface area contributed by atoms with Crippen LogP contribution in [0, 0.1) is 5.82 Å². The van der Waals surface area contributed by atoms with E-state index in [4.69, 9.17) is 9.15 Å². The van der Waals surface area contributed by atoms with Crippen LogP contribution in [0.15, 0.2) is 65.5 Å². The quantitative estimate of drug-likeness (QED) is 0.603. The number of ether oxygens (including phenoxy) is 1. The van der Waals surface area contributed by atoms with E-state index in [-0.39, 0.29) is 18.1 Å². The first-order chi connectivity index (χ1) is 13.3. The predicted molar refractivity (Wildman–Crippen MR) is 92.1 cm³/mol. The number of alkyl halides is 3. The van der Waals surface area contributed by atoms with Gasteiger partial charge >= 0.3 is 6.18 Å². The number of carbonyl (C=O) groups excluding carboxylic acids is 1. The zero-order valence-electron chi connectivity index (χ0n) is 14.4. The van der Waals surface area contributed by atoms with E-state index in [0.717, 1.165) is 17.7 Å². The molecule has 0 aliphatic rings. The summed E-state index contributed by atoms with van der Waals surface area (Å²) >= 11 is 0. The standard InChI is InChI=1S/C20H15F4NO3/c21-18-9-13(1-6-17(18)20(22,23)24)12-28-16-4-2-15(3-5-16)19(26)25-10-14-7-8-27-11-14/h1-9,11H,10,12H2,(H,25,26). The van der Waals surface area contributed by atoms with E-state index >= 15 is 0 Å². The third-order valence-electron chi connectivity index (χ3n) is 3.89. The lowest BCUT2D eigenvalue weighted by molar-refractivity contribution is -0.140. The molecule has 28 heavy (non-hydrogen) atoms. The minimum Gasteiger partial charge on any atom is -0.489 e. The summed E-state index contributed by atoms with van der Waals surface area (Å²) in [6.07, 6.45) is -1.70. The Morgan fingerprint density at radius 1 is 1.04 bits per heavy atom. The van der Waals surface area contributed by atoms with Gasteiger partial charge in [-0.3, -0.25) is 4.79 Å². The normalized spacial score (nSPS) is 11.3. The maximum atomic E-state index is 13.6. The van der Waals surface area contributed by atoms with Crippen LogP contribution in [0.5, 0.6) is 5.75 Å². The van der Waals surface area contributed by atoms with E-state index in [9.17, 15) is 22.4 Å². The first-order valence-electron chi connectivity index (χ1n) is 8.21. The van der Waals surface area contributed by atoms with Crippen LogP contribution in [-0.2, 0) is 19.3 Å². The van der Waals surface area contributed by atoms with Gasteiger partial charge in [0.25, 0.3) is 5.91 Å². The molecule has 0 saturated heterocycles. The monoisotopic (exact) mass is 393 g/mol. The zero-order chi connectivity index (χ0) is 20.1. The van der Waals surface area contributed by atoms with Crippen molar-refractivity contribution < 1.29 is 31.5 Å². The number of hydrogen-bond donors (Lipinski definition) is 1. The second kappa shape index (κ2) is 8.16. The van der Waals surface area contributed by atoms with Crippen molar-refractivity contribution in [3.05, 3.63) is 89.1 Å². The van der Waals surface area contributed by atoms with E-state index in [1.807, 2.05) is 0 Å². The molecule has 0 radical (unpaired) electrons. The molecule has 0 aliphatic carbocycles. The average Bonchev–Trinajstić information content (AvgIpc) is 3.17. The molecule has 1 N–H and O–H groups in total. The molecule has 3 rings (SSSR count). The fourth-order valence-electron chi connectivity index (χ4n) is 2.43.